The number of amides is 1. The first-order valence-corrected chi connectivity index (χ1v) is 7.10. The van der Waals surface area contributed by atoms with Crippen LogP contribution in [0.1, 0.15) is 38.2 Å². The Kier molecular flexibility index (Phi) is 4.56. The third-order valence-electron chi connectivity index (χ3n) is 3.20. The molecule has 22 heavy (non-hydrogen) atoms. The van der Waals surface area contributed by atoms with Gasteiger partial charge >= 0.3 is 0 Å². The quantitative estimate of drug-likeness (QED) is 0.892. The van der Waals surface area contributed by atoms with Crippen LogP contribution >= 0.6 is 0 Å². The maximum Gasteiger partial charge on any atom is 0.246 e. The van der Waals surface area contributed by atoms with Crippen molar-refractivity contribution in [2.45, 2.75) is 32.2 Å². The molecule has 7 heteroatoms. The molecule has 0 fully saturated rings. The van der Waals surface area contributed by atoms with Crippen molar-refractivity contribution in [2.75, 3.05) is 12.4 Å². The lowest BCUT2D eigenvalue weighted by atomic mass is 9.96. The molecule has 0 aliphatic heterocycles. The number of likely N-dealkylation sites (N-methyl/N-ethyl adjacent to an activating group) is 1. The lowest BCUT2D eigenvalue weighted by Crippen LogP contribution is -2.30. The molecular weight excluding hydrogens is 280 g/mol. The fraction of sp³-hybridized carbons (Fsp3) is 0.467. The molecule has 7 nitrogen and oxygen atoms in total. The second-order valence-corrected chi connectivity index (χ2v) is 6.20. The smallest absolute Gasteiger partial charge is 0.246 e. The molecule has 0 saturated heterocycles. The van der Waals surface area contributed by atoms with Crippen LogP contribution in [-0.4, -0.2) is 32.7 Å². The van der Waals surface area contributed by atoms with E-state index in [0.717, 1.165) is 11.4 Å². The molecule has 2 aromatic rings. The van der Waals surface area contributed by atoms with Crippen LogP contribution in [-0.2, 0) is 17.3 Å². The Morgan fingerprint density at radius 3 is 2.32 bits per heavy atom. The van der Waals surface area contributed by atoms with Gasteiger partial charge in [0.25, 0.3) is 0 Å². The van der Waals surface area contributed by atoms with E-state index >= 15 is 0 Å². The molecule has 0 saturated carbocycles. The summed E-state index contributed by atoms with van der Waals surface area (Å²) in [7, 11) is 3.55. The van der Waals surface area contributed by atoms with Crippen LogP contribution in [0.2, 0.25) is 0 Å². The van der Waals surface area contributed by atoms with E-state index in [9.17, 15) is 4.79 Å². The maximum atomic E-state index is 12.4. The molecule has 0 bridgehead atoms. The first-order chi connectivity index (χ1) is 10.3. The summed E-state index contributed by atoms with van der Waals surface area (Å²) in [6.07, 6.45) is 6.72. The summed E-state index contributed by atoms with van der Waals surface area (Å²) in [6.45, 7) is 6.13. The summed E-state index contributed by atoms with van der Waals surface area (Å²) in [5.74, 6) is 0.561. The monoisotopic (exact) mass is 302 g/mol. The Balaban J connectivity index is 2.10. The molecule has 0 radical (unpaired) electrons. The highest BCUT2D eigenvalue weighted by atomic mass is 16.2. The van der Waals surface area contributed by atoms with Crippen molar-refractivity contribution in [3.05, 3.63) is 36.2 Å². The molecule has 0 aliphatic carbocycles. The van der Waals surface area contributed by atoms with Crippen LogP contribution < -0.4 is 10.6 Å². The van der Waals surface area contributed by atoms with Gasteiger partial charge in [0.2, 0.25) is 5.91 Å². The predicted octanol–water partition coefficient (Wildman–Crippen LogP) is 1.41. The molecule has 2 N–H and O–H groups in total. The van der Waals surface area contributed by atoms with Crippen molar-refractivity contribution in [3.63, 3.8) is 0 Å². The van der Waals surface area contributed by atoms with Crippen LogP contribution in [0.4, 0.5) is 5.69 Å². The summed E-state index contributed by atoms with van der Waals surface area (Å²) in [4.78, 5) is 21.0. The number of carbonyl (C=O) groups excluding carboxylic acids is 1. The van der Waals surface area contributed by atoms with Crippen LogP contribution in [0, 0.1) is 0 Å². The first-order valence-electron chi connectivity index (χ1n) is 7.10. The van der Waals surface area contributed by atoms with E-state index in [2.05, 4.69) is 25.7 Å². The Morgan fingerprint density at radius 1 is 1.23 bits per heavy atom. The van der Waals surface area contributed by atoms with E-state index in [1.807, 2.05) is 27.8 Å². The highest BCUT2D eigenvalue weighted by molar-refractivity contribution is 5.95. The number of rotatable bonds is 4. The molecule has 1 atom stereocenters. The highest BCUT2D eigenvalue weighted by Crippen LogP contribution is 2.19. The number of hydrogen-bond acceptors (Lipinski definition) is 5. The zero-order valence-electron chi connectivity index (χ0n) is 13.6. The zero-order chi connectivity index (χ0) is 16.3. The molecular formula is C15H22N6O. The van der Waals surface area contributed by atoms with E-state index in [-0.39, 0.29) is 11.3 Å². The maximum absolute atomic E-state index is 12.4. The van der Waals surface area contributed by atoms with Gasteiger partial charge in [0.15, 0.2) is 0 Å². The third kappa shape index (κ3) is 3.67. The molecule has 2 rings (SSSR count). The van der Waals surface area contributed by atoms with Crippen molar-refractivity contribution in [3.8, 4) is 0 Å². The SMILES string of the molecule is CNC(C(=O)Nc1cnc(C(C)(C)C)nc1)c1cnn(C)c1. The van der Waals surface area contributed by atoms with Gasteiger partial charge in [-0.25, -0.2) is 9.97 Å². The van der Waals surface area contributed by atoms with Crippen molar-refractivity contribution in [1.82, 2.24) is 25.1 Å². The molecule has 118 valence electrons. The Labute approximate surface area is 130 Å². The molecule has 1 unspecified atom stereocenters. The number of anilines is 1. The Morgan fingerprint density at radius 2 is 1.86 bits per heavy atom. The van der Waals surface area contributed by atoms with E-state index < -0.39 is 6.04 Å². The summed E-state index contributed by atoms with van der Waals surface area (Å²) in [5.41, 5.74) is 1.25. The zero-order valence-corrected chi connectivity index (χ0v) is 13.6. The summed E-state index contributed by atoms with van der Waals surface area (Å²) >= 11 is 0. The van der Waals surface area contributed by atoms with Gasteiger partial charge < -0.3 is 10.6 Å². The van der Waals surface area contributed by atoms with Crippen LogP contribution in [0.15, 0.2) is 24.8 Å². The Hall–Kier alpha value is -2.28. The van der Waals surface area contributed by atoms with Crippen LogP contribution in [0.25, 0.3) is 0 Å². The fourth-order valence-electron chi connectivity index (χ4n) is 2.03. The minimum absolute atomic E-state index is 0.119. The lowest BCUT2D eigenvalue weighted by Gasteiger charge is -2.17. The number of hydrogen-bond donors (Lipinski definition) is 2. The van der Waals surface area contributed by atoms with Crippen molar-refractivity contribution < 1.29 is 4.79 Å². The average Bonchev–Trinajstić information content (AvgIpc) is 2.85. The molecule has 2 aromatic heterocycles. The second-order valence-electron chi connectivity index (χ2n) is 6.20. The number of carbonyl (C=O) groups is 1. The first kappa shape index (κ1) is 16.1. The molecule has 0 aromatic carbocycles. The van der Waals surface area contributed by atoms with E-state index in [1.54, 1.807) is 36.5 Å². The van der Waals surface area contributed by atoms with E-state index in [4.69, 9.17) is 0 Å². The molecule has 1 amide bonds. The number of nitrogens with one attached hydrogen (secondary N) is 2. The van der Waals surface area contributed by atoms with Gasteiger partial charge in [-0.3, -0.25) is 9.48 Å². The van der Waals surface area contributed by atoms with Crippen molar-refractivity contribution in [2.24, 2.45) is 7.05 Å². The number of aromatic nitrogens is 4. The van der Waals surface area contributed by atoms with Gasteiger partial charge in [-0.05, 0) is 7.05 Å². The Bertz CT molecular complexity index is 641. The predicted molar refractivity (Wildman–Crippen MR) is 84.4 cm³/mol. The molecule has 0 aliphatic rings. The fourth-order valence-corrected chi connectivity index (χ4v) is 2.03. The van der Waals surface area contributed by atoms with Gasteiger partial charge in [0, 0.05) is 24.2 Å². The van der Waals surface area contributed by atoms with Crippen LogP contribution in [0.5, 0.6) is 0 Å². The molecule has 2 heterocycles. The van der Waals surface area contributed by atoms with E-state index in [0.29, 0.717) is 5.69 Å². The standard InChI is InChI=1S/C15H22N6O/c1-15(2,3)14-17-7-11(8-18-14)20-13(22)12(16-4)10-6-19-21(5)9-10/h6-9,12,16H,1-5H3,(H,20,22). The van der Waals surface area contributed by atoms with Gasteiger partial charge in [-0.15, -0.1) is 0 Å². The van der Waals surface area contributed by atoms with Gasteiger partial charge in [0.1, 0.15) is 11.9 Å². The largest absolute Gasteiger partial charge is 0.322 e. The number of aryl methyl sites for hydroxylation is 1. The summed E-state index contributed by atoms with van der Waals surface area (Å²) < 4.78 is 1.66. The summed E-state index contributed by atoms with van der Waals surface area (Å²) in [5, 5.41) is 9.88. The van der Waals surface area contributed by atoms with Crippen molar-refractivity contribution in [1.29, 1.82) is 0 Å². The minimum Gasteiger partial charge on any atom is -0.322 e. The number of nitrogens with zero attached hydrogens (tertiary/aromatic N) is 4. The van der Waals surface area contributed by atoms with Gasteiger partial charge in [-0.2, -0.15) is 5.10 Å². The minimum atomic E-state index is -0.476. The van der Waals surface area contributed by atoms with E-state index in [1.165, 1.54) is 0 Å². The average molecular weight is 302 g/mol. The lowest BCUT2D eigenvalue weighted by molar-refractivity contribution is -0.118. The van der Waals surface area contributed by atoms with Gasteiger partial charge in [0.05, 0.1) is 24.3 Å². The highest BCUT2D eigenvalue weighted by Gasteiger charge is 2.21. The molecule has 0 spiro atoms. The van der Waals surface area contributed by atoms with Crippen LogP contribution in [0.3, 0.4) is 0 Å². The normalized spacial score (nSPS) is 13.0. The topological polar surface area (TPSA) is 84.7 Å². The third-order valence-corrected chi connectivity index (χ3v) is 3.20. The summed E-state index contributed by atoms with van der Waals surface area (Å²) in [6, 6.07) is -0.476. The van der Waals surface area contributed by atoms with Crippen molar-refractivity contribution >= 4 is 11.6 Å². The second kappa shape index (κ2) is 6.23. The van der Waals surface area contributed by atoms with Gasteiger partial charge in [-0.1, -0.05) is 20.8 Å².